The minimum Gasteiger partial charge on any atom is -0.377 e. The Balaban J connectivity index is 1.25. The van der Waals surface area contributed by atoms with Crippen LogP contribution >= 0.6 is 11.8 Å². The summed E-state index contributed by atoms with van der Waals surface area (Å²) in [5.74, 6) is 1.12. The van der Waals surface area contributed by atoms with Crippen LogP contribution in [0.5, 0.6) is 0 Å². The smallest absolute Gasteiger partial charge is 0.315 e. The van der Waals surface area contributed by atoms with Crippen molar-refractivity contribution in [2.45, 2.75) is 127 Å². The van der Waals surface area contributed by atoms with Crippen molar-refractivity contribution in [3.63, 3.8) is 0 Å². The van der Waals surface area contributed by atoms with E-state index in [-0.39, 0.29) is 29.9 Å². The van der Waals surface area contributed by atoms with Crippen LogP contribution < -0.4 is 21.3 Å². The first-order chi connectivity index (χ1) is 20.6. The van der Waals surface area contributed by atoms with Gasteiger partial charge in [-0.05, 0) is 44.9 Å². The third kappa shape index (κ3) is 18.0. The summed E-state index contributed by atoms with van der Waals surface area (Å²) in [6, 6.07) is 0.430. The average molecular weight is 611 g/mol. The maximum absolute atomic E-state index is 12.0. The number of ether oxygens (including phenoxy) is 2. The van der Waals surface area contributed by atoms with Gasteiger partial charge in [-0.1, -0.05) is 64.0 Å². The number of urea groups is 1. The van der Waals surface area contributed by atoms with Gasteiger partial charge in [0.05, 0.1) is 38.5 Å². The van der Waals surface area contributed by atoms with Crippen LogP contribution in [0.25, 0.3) is 0 Å². The molecule has 0 aromatic heterocycles. The topological polar surface area (TPSA) is 118 Å². The highest BCUT2D eigenvalue weighted by molar-refractivity contribution is 8.00. The fourth-order valence-electron chi connectivity index (χ4n) is 5.30. The zero-order valence-electron chi connectivity index (χ0n) is 26.1. The molecule has 10 heteroatoms. The lowest BCUT2D eigenvalue weighted by atomic mass is 10.0. The van der Waals surface area contributed by atoms with Crippen LogP contribution in [0.1, 0.15) is 110 Å². The van der Waals surface area contributed by atoms with Gasteiger partial charge in [0.2, 0.25) is 11.8 Å². The molecule has 0 unspecified atom stereocenters. The fourth-order valence-corrected chi connectivity index (χ4v) is 6.84. The largest absolute Gasteiger partial charge is 0.377 e. The highest BCUT2D eigenvalue weighted by Gasteiger charge is 2.42. The molecule has 0 radical (unpaired) electrons. The van der Waals surface area contributed by atoms with Gasteiger partial charge in [-0.25, -0.2) is 4.79 Å². The van der Waals surface area contributed by atoms with Gasteiger partial charge in [0.1, 0.15) is 0 Å². The summed E-state index contributed by atoms with van der Waals surface area (Å²) in [4.78, 5) is 35.4. The quantitative estimate of drug-likeness (QED) is 0.0575. The Morgan fingerprint density at radius 2 is 1.36 bits per heavy atom. The van der Waals surface area contributed by atoms with E-state index in [4.69, 9.17) is 9.47 Å². The van der Waals surface area contributed by atoms with Crippen molar-refractivity contribution in [1.29, 1.82) is 0 Å². The van der Waals surface area contributed by atoms with Crippen LogP contribution in [0.2, 0.25) is 0 Å². The number of nitrogens with one attached hydrogen (secondary N) is 4. The van der Waals surface area contributed by atoms with E-state index in [2.05, 4.69) is 40.3 Å². The summed E-state index contributed by atoms with van der Waals surface area (Å²) < 4.78 is 11.0. The summed E-state index contributed by atoms with van der Waals surface area (Å²) in [6.45, 7) is 5.12. The molecule has 2 aliphatic heterocycles. The monoisotopic (exact) mass is 610 g/mol. The van der Waals surface area contributed by atoms with Crippen molar-refractivity contribution < 1.29 is 23.9 Å². The van der Waals surface area contributed by atoms with Crippen LogP contribution in [0, 0.1) is 0 Å². The molecular formula is C32H58N4O5S. The van der Waals surface area contributed by atoms with Crippen molar-refractivity contribution in [3.05, 3.63) is 12.2 Å². The highest BCUT2D eigenvalue weighted by Crippen LogP contribution is 2.33. The van der Waals surface area contributed by atoms with Gasteiger partial charge in [0.15, 0.2) is 0 Å². The van der Waals surface area contributed by atoms with Gasteiger partial charge in [0, 0.05) is 36.9 Å². The first-order valence-corrected chi connectivity index (χ1v) is 17.7. The van der Waals surface area contributed by atoms with Crippen molar-refractivity contribution in [2.75, 3.05) is 45.3 Å². The Bertz CT molecular complexity index is 769. The maximum Gasteiger partial charge on any atom is 0.315 e. The number of unbranched alkanes of at least 4 members (excludes halogenated alkanes) is 10. The third-order valence-corrected chi connectivity index (χ3v) is 9.26. The van der Waals surface area contributed by atoms with E-state index in [1.165, 1.54) is 57.8 Å². The molecule has 242 valence electrons. The molecule has 2 aliphatic rings. The molecule has 4 amide bonds. The molecule has 2 heterocycles. The minimum absolute atomic E-state index is 0.0506. The SMILES string of the molecule is CCCCCC/C=C\CCCCCCCC(=O)NCCOCCOCCNC(=O)CCCC[C@@H]1SC[C@@H]2NC(=O)N[C@@H]21. The second kappa shape index (κ2) is 24.6. The summed E-state index contributed by atoms with van der Waals surface area (Å²) >= 11 is 1.91. The Hall–Kier alpha value is -1.78. The number of carbonyl (C=O) groups is 3. The second-order valence-electron chi connectivity index (χ2n) is 11.4. The van der Waals surface area contributed by atoms with E-state index in [0.717, 1.165) is 37.9 Å². The van der Waals surface area contributed by atoms with Crippen molar-refractivity contribution in [2.24, 2.45) is 0 Å². The third-order valence-electron chi connectivity index (χ3n) is 7.76. The number of hydrogen-bond donors (Lipinski definition) is 4. The Morgan fingerprint density at radius 1 is 0.786 bits per heavy atom. The van der Waals surface area contributed by atoms with Gasteiger partial charge in [-0.15, -0.1) is 0 Å². The van der Waals surface area contributed by atoms with Crippen LogP contribution in [0.4, 0.5) is 4.79 Å². The van der Waals surface area contributed by atoms with Gasteiger partial charge in [-0.3, -0.25) is 9.59 Å². The lowest BCUT2D eigenvalue weighted by molar-refractivity contribution is -0.122. The Labute approximate surface area is 258 Å². The molecule has 2 fully saturated rings. The number of allylic oxidation sites excluding steroid dienone is 2. The molecular weight excluding hydrogens is 552 g/mol. The molecule has 3 atom stereocenters. The first kappa shape index (κ1) is 36.4. The lowest BCUT2D eigenvalue weighted by Crippen LogP contribution is -2.36. The number of amides is 4. The van der Waals surface area contributed by atoms with Crippen LogP contribution in [-0.4, -0.2) is 80.4 Å². The number of carbonyl (C=O) groups excluding carboxylic acids is 3. The van der Waals surface area contributed by atoms with Gasteiger partial charge in [-0.2, -0.15) is 11.8 Å². The summed E-state index contributed by atoms with van der Waals surface area (Å²) in [6.07, 6.45) is 22.1. The van der Waals surface area contributed by atoms with E-state index in [0.29, 0.717) is 57.6 Å². The van der Waals surface area contributed by atoms with E-state index in [1.54, 1.807) is 0 Å². The number of rotatable bonds is 27. The zero-order valence-corrected chi connectivity index (χ0v) is 26.9. The number of fused-ring (bicyclic) bond motifs is 1. The van der Waals surface area contributed by atoms with E-state index >= 15 is 0 Å². The van der Waals surface area contributed by atoms with Gasteiger partial charge < -0.3 is 30.7 Å². The second-order valence-corrected chi connectivity index (χ2v) is 12.7. The summed E-state index contributed by atoms with van der Waals surface area (Å²) in [7, 11) is 0. The van der Waals surface area contributed by atoms with E-state index in [1.807, 2.05) is 11.8 Å². The molecule has 2 rings (SSSR count). The van der Waals surface area contributed by atoms with E-state index in [9.17, 15) is 14.4 Å². The predicted molar refractivity (Wildman–Crippen MR) is 172 cm³/mol. The van der Waals surface area contributed by atoms with Crippen LogP contribution in [0.3, 0.4) is 0 Å². The lowest BCUT2D eigenvalue weighted by Gasteiger charge is -2.16. The molecule has 0 aromatic carbocycles. The predicted octanol–water partition coefficient (Wildman–Crippen LogP) is 5.24. The normalized spacial score (nSPS) is 19.5. The van der Waals surface area contributed by atoms with Crippen LogP contribution in [-0.2, 0) is 19.1 Å². The number of hydrogen-bond acceptors (Lipinski definition) is 6. The van der Waals surface area contributed by atoms with Gasteiger partial charge >= 0.3 is 6.03 Å². The molecule has 0 saturated carbocycles. The zero-order chi connectivity index (χ0) is 30.1. The fraction of sp³-hybridized carbons (Fsp3) is 0.844. The average Bonchev–Trinajstić information content (AvgIpc) is 3.53. The molecule has 4 N–H and O–H groups in total. The van der Waals surface area contributed by atoms with Crippen molar-refractivity contribution in [3.8, 4) is 0 Å². The van der Waals surface area contributed by atoms with Crippen LogP contribution in [0.15, 0.2) is 12.2 Å². The Morgan fingerprint density at radius 3 is 2.00 bits per heavy atom. The number of thioether (sulfide) groups is 1. The highest BCUT2D eigenvalue weighted by atomic mass is 32.2. The molecule has 9 nitrogen and oxygen atoms in total. The minimum atomic E-state index is -0.0544. The molecule has 0 aliphatic carbocycles. The maximum atomic E-state index is 12.0. The molecule has 0 aromatic rings. The van der Waals surface area contributed by atoms with Gasteiger partial charge in [0.25, 0.3) is 0 Å². The van der Waals surface area contributed by atoms with Crippen molar-refractivity contribution >= 4 is 29.6 Å². The first-order valence-electron chi connectivity index (χ1n) is 16.6. The standard InChI is InChI=1S/C32H58N4O5S/c1-2-3-4-5-6-7-8-9-10-11-12-13-14-18-29(37)33-20-22-40-24-25-41-23-21-34-30(38)19-16-15-17-28-31-27(26-42-28)35-32(39)36-31/h7-8,27-28,31H,2-6,9-26H2,1H3,(H,33,37)(H,34,38)(H2,35,36,39)/b8-7-/t27-,28-,31-/m0/s1. The van der Waals surface area contributed by atoms with Crippen molar-refractivity contribution in [1.82, 2.24) is 21.3 Å². The Kier molecular flexibility index (Phi) is 21.4. The molecule has 42 heavy (non-hydrogen) atoms. The van der Waals surface area contributed by atoms with E-state index < -0.39 is 0 Å². The molecule has 0 spiro atoms. The molecule has 2 saturated heterocycles. The summed E-state index contributed by atoms with van der Waals surface area (Å²) in [5, 5.41) is 12.2. The summed E-state index contributed by atoms with van der Waals surface area (Å²) in [5.41, 5.74) is 0. The molecule has 0 bridgehead atoms.